The molecule has 17 heavy (non-hydrogen) atoms. The van der Waals surface area contributed by atoms with Gasteiger partial charge in [0.1, 0.15) is 11.0 Å². The van der Waals surface area contributed by atoms with E-state index in [1.54, 1.807) is 0 Å². The van der Waals surface area contributed by atoms with Crippen molar-refractivity contribution in [3.63, 3.8) is 0 Å². The zero-order valence-electron chi connectivity index (χ0n) is 10.2. The Labute approximate surface area is 105 Å². The first-order chi connectivity index (χ1) is 7.85. The minimum atomic E-state index is -0.576. The number of halogens is 2. The third kappa shape index (κ3) is 3.97. The van der Waals surface area contributed by atoms with Crippen molar-refractivity contribution in [3.05, 3.63) is 28.8 Å². The van der Waals surface area contributed by atoms with Crippen LogP contribution in [0.5, 0.6) is 0 Å². The van der Waals surface area contributed by atoms with Gasteiger partial charge < -0.3 is 5.32 Å². The van der Waals surface area contributed by atoms with Crippen molar-refractivity contribution in [2.45, 2.75) is 39.2 Å². The van der Waals surface area contributed by atoms with Crippen LogP contribution in [0.25, 0.3) is 0 Å². The van der Waals surface area contributed by atoms with Crippen LogP contribution in [-0.2, 0) is 0 Å². The molecule has 1 heterocycles. The topological polar surface area (TPSA) is 42.0 Å². The Morgan fingerprint density at radius 3 is 2.82 bits per heavy atom. The molecule has 0 aliphatic carbocycles. The number of amides is 1. The molecule has 0 aliphatic rings. The van der Waals surface area contributed by atoms with Gasteiger partial charge in [-0.2, -0.15) is 0 Å². The van der Waals surface area contributed by atoms with Crippen molar-refractivity contribution in [3.8, 4) is 0 Å². The van der Waals surface area contributed by atoms with Gasteiger partial charge in [-0.15, -0.1) is 0 Å². The number of rotatable bonds is 4. The van der Waals surface area contributed by atoms with Crippen LogP contribution in [-0.4, -0.2) is 16.4 Å². The predicted molar refractivity (Wildman–Crippen MR) is 65.7 cm³/mol. The van der Waals surface area contributed by atoms with E-state index in [2.05, 4.69) is 10.3 Å². The molecule has 1 rings (SSSR count). The second-order valence-corrected chi connectivity index (χ2v) is 4.94. The molecule has 1 aromatic heterocycles. The zero-order valence-corrected chi connectivity index (χ0v) is 10.9. The van der Waals surface area contributed by atoms with Gasteiger partial charge in [0.15, 0.2) is 0 Å². The maximum Gasteiger partial charge on any atom is 0.254 e. The van der Waals surface area contributed by atoms with E-state index < -0.39 is 11.7 Å². The van der Waals surface area contributed by atoms with Gasteiger partial charge in [-0.25, -0.2) is 9.37 Å². The average Bonchev–Trinajstić information content (AvgIpc) is 2.20. The first-order valence-electron chi connectivity index (χ1n) is 5.49. The van der Waals surface area contributed by atoms with Crippen LogP contribution in [0.1, 0.15) is 44.0 Å². The highest BCUT2D eigenvalue weighted by molar-refractivity contribution is 6.32. The normalized spacial score (nSPS) is 11.4. The van der Waals surface area contributed by atoms with Crippen LogP contribution < -0.4 is 5.32 Å². The van der Waals surface area contributed by atoms with E-state index in [0.717, 1.165) is 25.1 Å². The lowest BCUT2D eigenvalue weighted by Crippen LogP contribution is -2.43. The van der Waals surface area contributed by atoms with Crippen molar-refractivity contribution < 1.29 is 9.18 Å². The van der Waals surface area contributed by atoms with Gasteiger partial charge >= 0.3 is 0 Å². The first kappa shape index (κ1) is 13.9. The summed E-state index contributed by atoms with van der Waals surface area (Å²) >= 11 is 5.76. The molecule has 0 spiro atoms. The summed E-state index contributed by atoms with van der Waals surface area (Å²) in [5.74, 6) is -0.978. The summed E-state index contributed by atoms with van der Waals surface area (Å²) < 4.78 is 13.0. The molecule has 0 aliphatic heterocycles. The Balaban J connectivity index is 2.86. The van der Waals surface area contributed by atoms with E-state index >= 15 is 0 Å². The second-order valence-electron chi connectivity index (χ2n) is 4.58. The van der Waals surface area contributed by atoms with Gasteiger partial charge in [0.25, 0.3) is 5.91 Å². The van der Waals surface area contributed by atoms with E-state index in [9.17, 15) is 9.18 Å². The lowest BCUT2D eigenvalue weighted by atomic mass is 9.98. The van der Waals surface area contributed by atoms with E-state index in [4.69, 9.17) is 11.6 Å². The third-order valence-electron chi connectivity index (χ3n) is 2.38. The van der Waals surface area contributed by atoms with E-state index in [1.807, 2.05) is 20.8 Å². The van der Waals surface area contributed by atoms with E-state index in [-0.39, 0.29) is 16.3 Å². The molecule has 0 unspecified atom stereocenters. The molecule has 0 saturated carbocycles. The van der Waals surface area contributed by atoms with Gasteiger partial charge in [0.05, 0.1) is 11.8 Å². The Bertz CT molecular complexity index is 421. The summed E-state index contributed by atoms with van der Waals surface area (Å²) in [7, 11) is 0. The van der Waals surface area contributed by atoms with Crippen molar-refractivity contribution >= 4 is 17.5 Å². The zero-order chi connectivity index (χ0) is 13.1. The monoisotopic (exact) mass is 258 g/mol. The summed E-state index contributed by atoms with van der Waals surface area (Å²) in [4.78, 5) is 15.5. The number of aromatic nitrogens is 1. The highest BCUT2D eigenvalue weighted by atomic mass is 35.5. The molecule has 0 atom stereocenters. The minimum Gasteiger partial charge on any atom is -0.347 e. The van der Waals surface area contributed by atoms with Crippen LogP contribution in [0, 0.1) is 5.82 Å². The fourth-order valence-electron chi connectivity index (χ4n) is 1.64. The molecule has 94 valence electrons. The van der Waals surface area contributed by atoms with Crippen LogP contribution in [0.2, 0.25) is 5.15 Å². The lowest BCUT2D eigenvalue weighted by molar-refractivity contribution is 0.0908. The maximum absolute atomic E-state index is 13.0. The van der Waals surface area contributed by atoms with Crippen molar-refractivity contribution in [2.75, 3.05) is 0 Å². The molecule has 0 saturated heterocycles. The van der Waals surface area contributed by atoms with Crippen LogP contribution in [0.15, 0.2) is 12.3 Å². The predicted octanol–water partition coefficient (Wildman–Crippen LogP) is 3.18. The molecule has 0 bridgehead atoms. The highest BCUT2D eigenvalue weighted by Gasteiger charge is 2.22. The summed E-state index contributed by atoms with van der Waals surface area (Å²) in [6.07, 6.45) is 2.76. The Kier molecular flexibility index (Phi) is 4.46. The Morgan fingerprint density at radius 2 is 2.24 bits per heavy atom. The molecule has 0 radical (unpaired) electrons. The first-order valence-corrected chi connectivity index (χ1v) is 5.87. The van der Waals surface area contributed by atoms with Gasteiger partial charge in [0, 0.05) is 5.54 Å². The number of pyridine rings is 1. The summed E-state index contributed by atoms with van der Waals surface area (Å²) in [6, 6.07) is 1.09. The van der Waals surface area contributed by atoms with Crippen LogP contribution >= 0.6 is 11.6 Å². The fraction of sp³-hybridized carbons (Fsp3) is 0.500. The maximum atomic E-state index is 13.0. The molecule has 5 heteroatoms. The highest BCUT2D eigenvalue weighted by Crippen LogP contribution is 2.17. The molecule has 3 nitrogen and oxygen atoms in total. The summed E-state index contributed by atoms with van der Waals surface area (Å²) in [5.41, 5.74) is -0.280. The van der Waals surface area contributed by atoms with Crippen molar-refractivity contribution in [2.24, 2.45) is 0 Å². The van der Waals surface area contributed by atoms with Crippen LogP contribution in [0.3, 0.4) is 0 Å². The average molecular weight is 259 g/mol. The summed E-state index contributed by atoms with van der Waals surface area (Å²) in [5, 5.41) is 2.82. The van der Waals surface area contributed by atoms with Gasteiger partial charge in [0.2, 0.25) is 0 Å². The van der Waals surface area contributed by atoms with Crippen molar-refractivity contribution in [1.29, 1.82) is 0 Å². The molecule has 1 aromatic rings. The molecule has 1 N–H and O–H groups in total. The number of nitrogens with zero attached hydrogens (tertiary/aromatic N) is 1. The lowest BCUT2D eigenvalue weighted by Gasteiger charge is -2.25. The van der Waals surface area contributed by atoms with Crippen molar-refractivity contribution in [1.82, 2.24) is 10.3 Å². The molecule has 0 aromatic carbocycles. The largest absolute Gasteiger partial charge is 0.347 e. The van der Waals surface area contributed by atoms with Gasteiger partial charge in [-0.3, -0.25) is 4.79 Å². The van der Waals surface area contributed by atoms with E-state index in [0.29, 0.717) is 0 Å². The number of hydrogen-bond acceptors (Lipinski definition) is 2. The van der Waals surface area contributed by atoms with E-state index in [1.165, 1.54) is 0 Å². The molecule has 1 amide bonds. The number of carbonyl (C=O) groups is 1. The third-order valence-corrected chi connectivity index (χ3v) is 2.68. The fourth-order valence-corrected chi connectivity index (χ4v) is 1.83. The number of hydrogen-bond donors (Lipinski definition) is 1. The standard InChI is InChI=1S/C12H16ClFN2O/c1-4-5-12(2,3)16-11(17)9-6-8(14)7-15-10(9)13/h6-7H,4-5H2,1-3H3,(H,16,17). The SMILES string of the molecule is CCCC(C)(C)NC(=O)c1cc(F)cnc1Cl. The number of nitrogens with one attached hydrogen (secondary N) is 1. The Hall–Kier alpha value is -1.16. The molecular formula is C12H16ClFN2O. The molecular weight excluding hydrogens is 243 g/mol. The minimum absolute atomic E-state index is 0.0104. The van der Waals surface area contributed by atoms with Gasteiger partial charge in [-0.05, 0) is 26.3 Å². The molecule has 0 fully saturated rings. The second kappa shape index (κ2) is 5.45. The number of carbonyl (C=O) groups excluding carboxylic acids is 1. The Morgan fingerprint density at radius 1 is 1.59 bits per heavy atom. The van der Waals surface area contributed by atoms with Gasteiger partial charge in [-0.1, -0.05) is 24.9 Å². The van der Waals surface area contributed by atoms with Crippen LogP contribution in [0.4, 0.5) is 4.39 Å². The smallest absolute Gasteiger partial charge is 0.254 e. The quantitative estimate of drug-likeness (QED) is 0.843. The summed E-state index contributed by atoms with van der Waals surface area (Å²) in [6.45, 7) is 5.86.